The van der Waals surface area contributed by atoms with Gasteiger partial charge in [-0.05, 0) is 56.7 Å². The van der Waals surface area contributed by atoms with Gasteiger partial charge in [0, 0.05) is 39.9 Å². The van der Waals surface area contributed by atoms with Crippen LogP contribution < -0.4 is 0 Å². The topological polar surface area (TPSA) is 8.17 Å². The minimum absolute atomic E-state index is 1.07. The van der Waals surface area contributed by atoms with Crippen LogP contribution in [0.25, 0.3) is 10.9 Å². The second kappa shape index (κ2) is 9.48. The summed E-state index contributed by atoms with van der Waals surface area (Å²) in [7, 11) is 0. The van der Waals surface area contributed by atoms with E-state index >= 15 is 0 Å². The van der Waals surface area contributed by atoms with E-state index in [0.717, 1.165) is 18.8 Å². The van der Waals surface area contributed by atoms with Crippen LogP contribution in [0, 0.1) is 0 Å². The van der Waals surface area contributed by atoms with Crippen LogP contribution in [0.4, 0.5) is 0 Å². The molecule has 1 aromatic heterocycles. The maximum Gasteiger partial charge on any atom is 0.0486 e. The Balaban J connectivity index is 1.90. The van der Waals surface area contributed by atoms with E-state index in [9.17, 15) is 0 Å². The number of aryl methyl sites for hydroxylation is 1. The number of likely N-dealkylation sites (tertiary alicyclic amines) is 1. The van der Waals surface area contributed by atoms with Gasteiger partial charge in [-0.15, -0.1) is 0 Å². The van der Waals surface area contributed by atoms with Gasteiger partial charge >= 0.3 is 0 Å². The highest BCUT2D eigenvalue weighted by molar-refractivity contribution is 14.1. The molecule has 0 amide bonds. The van der Waals surface area contributed by atoms with Crippen molar-refractivity contribution in [2.75, 3.05) is 23.3 Å². The van der Waals surface area contributed by atoms with E-state index in [2.05, 4.69) is 75.0 Å². The van der Waals surface area contributed by atoms with E-state index in [1.807, 2.05) is 0 Å². The molecule has 0 spiro atoms. The number of halogens is 1. The molecule has 1 saturated heterocycles. The molecule has 4 heteroatoms. The normalized spacial score (nSPS) is 16.1. The van der Waals surface area contributed by atoms with Crippen LogP contribution in [0.3, 0.4) is 0 Å². The van der Waals surface area contributed by atoms with E-state index < -0.39 is 0 Å². The fourth-order valence-electron chi connectivity index (χ4n) is 3.80. The van der Waals surface area contributed by atoms with Gasteiger partial charge in [0.05, 0.1) is 0 Å². The first-order valence-corrected chi connectivity index (χ1v) is 12.0. The van der Waals surface area contributed by atoms with Crippen molar-refractivity contribution in [3.05, 3.63) is 35.5 Å². The third-order valence-electron chi connectivity index (χ3n) is 5.00. The summed E-state index contributed by atoms with van der Waals surface area (Å²) in [5, 5.41) is 1.48. The molecule has 2 nitrogen and oxygen atoms in total. The SMILES string of the molecule is CCn1c(CSCCCI)c(CN2CCCCC2)c2ccccc21. The summed E-state index contributed by atoms with van der Waals surface area (Å²) in [5.41, 5.74) is 4.59. The number of rotatable bonds is 8. The molecule has 0 N–H and O–H groups in total. The maximum absolute atomic E-state index is 2.67. The van der Waals surface area contributed by atoms with Gasteiger partial charge in [0.15, 0.2) is 0 Å². The number of alkyl halides is 1. The minimum Gasteiger partial charge on any atom is -0.344 e. The highest BCUT2D eigenvalue weighted by Crippen LogP contribution is 2.31. The zero-order chi connectivity index (χ0) is 16.8. The molecule has 1 aliphatic rings. The predicted molar refractivity (Wildman–Crippen MR) is 116 cm³/mol. The van der Waals surface area contributed by atoms with Crippen LogP contribution in [0.15, 0.2) is 24.3 Å². The fourth-order valence-corrected chi connectivity index (χ4v) is 5.71. The number of thioether (sulfide) groups is 1. The smallest absolute Gasteiger partial charge is 0.0486 e. The summed E-state index contributed by atoms with van der Waals surface area (Å²) >= 11 is 4.59. The quantitative estimate of drug-likeness (QED) is 0.286. The van der Waals surface area contributed by atoms with Crippen molar-refractivity contribution in [3.8, 4) is 0 Å². The number of aromatic nitrogens is 1. The third kappa shape index (κ3) is 4.31. The molecule has 3 rings (SSSR count). The first-order valence-electron chi connectivity index (χ1n) is 9.30. The Bertz CT molecular complexity index is 646. The summed E-state index contributed by atoms with van der Waals surface area (Å²) in [5.74, 6) is 2.43. The van der Waals surface area contributed by atoms with Gasteiger partial charge in [0.1, 0.15) is 0 Å². The van der Waals surface area contributed by atoms with Crippen molar-refractivity contribution in [3.63, 3.8) is 0 Å². The molecule has 0 aliphatic carbocycles. The molecule has 2 aromatic rings. The molecule has 0 radical (unpaired) electrons. The molecule has 0 bridgehead atoms. The summed E-state index contributed by atoms with van der Waals surface area (Å²) in [4.78, 5) is 2.67. The van der Waals surface area contributed by atoms with Gasteiger partial charge in [0.25, 0.3) is 0 Å². The standard InChI is InChI=1S/C20H29IN2S/c1-2-23-19-10-5-4-9-17(19)18(15-22-12-6-3-7-13-22)20(23)16-24-14-8-11-21/h4-5,9-10H,2-3,6-8,11-16H2,1H3. The average Bonchev–Trinajstić information content (AvgIpc) is 2.92. The van der Waals surface area contributed by atoms with E-state index in [-0.39, 0.29) is 0 Å². The van der Waals surface area contributed by atoms with Gasteiger partial charge < -0.3 is 4.57 Å². The van der Waals surface area contributed by atoms with E-state index in [4.69, 9.17) is 0 Å². The molecule has 2 heterocycles. The third-order valence-corrected chi connectivity index (χ3v) is 6.82. The Kier molecular flexibility index (Phi) is 7.35. The molecular formula is C20H29IN2S. The van der Waals surface area contributed by atoms with Crippen LogP contribution in [0.1, 0.15) is 43.9 Å². The van der Waals surface area contributed by atoms with Crippen molar-refractivity contribution < 1.29 is 0 Å². The van der Waals surface area contributed by atoms with E-state index in [0.29, 0.717) is 0 Å². The first-order chi connectivity index (χ1) is 11.8. The van der Waals surface area contributed by atoms with Crippen molar-refractivity contribution in [1.29, 1.82) is 0 Å². The van der Waals surface area contributed by atoms with Crippen LogP contribution >= 0.6 is 34.4 Å². The van der Waals surface area contributed by atoms with Crippen LogP contribution in [0.5, 0.6) is 0 Å². The number of benzene rings is 1. The molecule has 0 atom stereocenters. The summed E-state index contributed by atoms with van der Waals surface area (Å²) in [6.07, 6.45) is 5.46. The molecular weight excluding hydrogens is 427 g/mol. The molecule has 1 fully saturated rings. The Morgan fingerprint density at radius 1 is 1.12 bits per heavy atom. The summed E-state index contributed by atoms with van der Waals surface area (Å²) in [6.45, 7) is 7.04. The molecule has 0 unspecified atom stereocenters. The zero-order valence-corrected chi connectivity index (χ0v) is 17.7. The van der Waals surface area contributed by atoms with E-state index in [1.165, 1.54) is 59.9 Å². The Morgan fingerprint density at radius 2 is 1.92 bits per heavy atom. The van der Waals surface area contributed by atoms with Gasteiger partial charge in [-0.25, -0.2) is 0 Å². The Labute approximate surface area is 164 Å². The van der Waals surface area contributed by atoms with E-state index in [1.54, 1.807) is 11.3 Å². The van der Waals surface area contributed by atoms with Gasteiger partial charge in [-0.2, -0.15) is 11.8 Å². The summed E-state index contributed by atoms with van der Waals surface area (Å²) in [6, 6.07) is 9.03. The largest absolute Gasteiger partial charge is 0.344 e. The fraction of sp³-hybridized carbons (Fsp3) is 0.600. The Morgan fingerprint density at radius 3 is 2.67 bits per heavy atom. The number of para-hydroxylation sites is 1. The number of nitrogens with zero attached hydrogens (tertiary/aromatic N) is 2. The lowest BCUT2D eigenvalue weighted by atomic mass is 10.1. The van der Waals surface area contributed by atoms with Crippen LogP contribution in [0.2, 0.25) is 0 Å². The number of hydrogen-bond acceptors (Lipinski definition) is 2. The van der Waals surface area contributed by atoms with Crippen LogP contribution in [-0.4, -0.2) is 32.7 Å². The monoisotopic (exact) mass is 456 g/mol. The predicted octanol–water partition coefficient (Wildman–Crippen LogP) is 5.71. The Hall–Kier alpha value is -0.200. The molecule has 1 aromatic carbocycles. The van der Waals surface area contributed by atoms with Crippen molar-refractivity contribution in [2.24, 2.45) is 0 Å². The second-order valence-corrected chi connectivity index (χ2v) is 8.80. The van der Waals surface area contributed by atoms with Gasteiger partial charge in [0.2, 0.25) is 0 Å². The lowest BCUT2D eigenvalue weighted by Crippen LogP contribution is -2.29. The molecule has 24 heavy (non-hydrogen) atoms. The molecule has 0 saturated carbocycles. The number of fused-ring (bicyclic) bond motifs is 1. The van der Waals surface area contributed by atoms with Crippen molar-refractivity contribution >= 4 is 45.3 Å². The maximum atomic E-state index is 2.67. The molecule has 1 aliphatic heterocycles. The average molecular weight is 456 g/mol. The van der Waals surface area contributed by atoms with Crippen molar-refractivity contribution in [1.82, 2.24) is 9.47 Å². The highest BCUT2D eigenvalue weighted by Gasteiger charge is 2.19. The minimum atomic E-state index is 1.07. The number of piperidine rings is 1. The highest BCUT2D eigenvalue weighted by atomic mass is 127. The zero-order valence-electron chi connectivity index (χ0n) is 14.8. The lowest BCUT2D eigenvalue weighted by molar-refractivity contribution is 0.221. The van der Waals surface area contributed by atoms with Gasteiger partial charge in [-0.1, -0.05) is 47.2 Å². The van der Waals surface area contributed by atoms with Gasteiger partial charge in [-0.3, -0.25) is 4.90 Å². The van der Waals surface area contributed by atoms with Crippen molar-refractivity contribution in [2.45, 2.75) is 51.4 Å². The second-order valence-electron chi connectivity index (χ2n) is 6.62. The summed E-state index contributed by atoms with van der Waals surface area (Å²) < 4.78 is 3.83. The number of hydrogen-bond donors (Lipinski definition) is 0. The first kappa shape index (κ1) is 18.6. The van der Waals surface area contributed by atoms with Crippen LogP contribution in [-0.2, 0) is 18.8 Å². The lowest BCUT2D eigenvalue weighted by Gasteiger charge is -2.27. The molecule has 132 valence electrons.